The second-order valence-electron chi connectivity index (χ2n) is 6.58. The van der Waals surface area contributed by atoms with Gasteiger partial charge in [0.1, 0.15) is 0 Å². The zero-order valence-corrected chi connectivity index (χ0v) is 16.6. The number of carbonyl (C=O) groups is 1. The van der Waals surface area contributed by atoms with Crippen LogP contribution in [0.5, 0.6) is 0 Å². The van der Waals surface area contributed by atoms with Gasteiger partial charge in [0.15, 0.2) is 0 Å². The van der Waals surface area contributed by atoms with Gasteiger partial charge < -0.3 is 0 Å². The molecule has 10 heteroatoms. The molecule has 9 nitrogen and oxygen atoms in total. The summed E-state index contributed by atoms with van der Waals surface area (Å²) in [6, 6.07) is 11.7. The number of nitro groups is 1. The molecule has 3 rings (SSSR count). The fraction of sp³-hybridized carbons (Fsp3) is 0.263. The van der Waals surface area contributed by atoms with E-state index in [2.05, 4.69) is 10.5 Å². The molecule has 152 valence electrons. The normalized spacial score (nSPS) is 15.3. The Bertz CT molecular complexity index is 1080. The van der Waals surface area contributed by atoms with Crippen molar-refractivity contribution in [2.75, 3.05) is 13.1 Å². The molecule has 0 spiro atoms. The van der Waals surface area contributed by atoms with Crippen LogP contribution in [-0.2, 0) is 10.0 Å². The number of nitro benzene ring substituents is 1. The largest absolute Gasteiger partial charge is 0.271 e. The van der Waals surface area contributed by atoms with Gasteiger partial charge in [0.25, 0.3) is 11.6 Å². The molecule has 29 heavy (non-hydrogen) atoms. The SMILES string of the molecule is C/C(=N/NC(=O)c1cccc(S(=O)(=O)N2CCCC2)c1)c1cccc([N+](=O)[O-])c1. The van der Waals surface area contributed by atoms with Crippen molar-refractivity contribution in [3.63, 3.8) is 0 Å². The number of carbonyl (C=O) groups excluding carboxylic acids is 1. The topological polar surface area (TPSA) is 122 Å². The quantitative estimate of drug-likeness (QED) is 0.440. The summed E-state index contributed by atoms with van der Waals surface area (Å²) in [7, 11) is -3.63. The van der Waals surface area contributed by atoms with Gasteiger partial charge in [-0.3, -0.25) is 14.9 Å². The van der Waals surface area contributed by atoms with Crippen LogP contribution in [0.4, 0.5) is 5.69 Å². The molecule has 0 atom stereocenters. The summed E-state index contributed by atoms with van der Waals surface area (Å²) in [6.07, 6.45) is 1.65. The summed E-state index contributed by atoms with van der Waals surface area (Å²) in [6.45, 7) is 2.56. The van der Waals surface area contributed by atoms with Gasteiger partial charge in [-0.1, -0.05) is 18.2 Å². The molecule has 0 aromatic heterocycles. The van der Waals surface area contributed by atoms with E-state index in [1.165, 1.54) is 46.8 Å². The number of sulfonamides is 1. The van der Waals surface area contributed by atoms with Crippen LogP contribution in [0.2, 0.25) is 0 Å². The van der Waals surface area contributed by atoms with Crippen LogP contribution in [0.15, 0.2) is 58.5 Å². The number of nitrogens with one attached hydrogen (secondary N) is 1. The number of non-ortho nitro benzene ring substituents is 1. The van der Waals surface area contributed by atoms with E-state index in [4.69, 9.17) is 0 Å². The molecule has 1 heterocycles. The lowest BCUT2D eigenvalue weighted by Gasteiger charge is -2.15. The molecule has 2 aromatic rings. The van der Waals surface area contributed by atoms with Crippen molar-refractivity contribution in [1.29, 1.82) is 0 Å². The van der Waals surface area contributed by atoms with Crippen LogP contribution in [0.1, 0.15) is 35.7 Å². The van der Waals surface area contributed by atoms with Crippen LogP contribution in [0.3, 0.4) is 0 Å². The summed E-state index contributed by atoms with van der Waals surface area (Å²) in [4.78, 5) is 22.8. The highest BCUT2D eigenvalue weighted by Crippen LogP contribution is 2.21. The molecule has 1 N–H and O–H groups in total. The summed E-state index contributed by atoms with van der Waals surface area (Å²) >= 11 is 0. The molecule has 0 aliphatic carbocycles. The number of rotatable bonds is 6. The van der Waals surface area contributed by atoms with E-state index in [1.54, 1.807) is 13.0 Å². The molecule has 1 amide bonds. The minimum Gasteiger partial charge on any atom is -0.267 e. The molecule has 1 aliphatic rings. The van der Waals surface area contributed by atoms with Gasteiger partial charge in [-0.25, -0.2) is 13.8 Å². The Morgan fingerprint density at radius 2 is 1.76 bits per heavy atom. The molecular weight excluding hydrogens is 396 g/mol. The number of amides is 1. The third-order valence-corrected chi connectivity index (χ3v) is 6.49. The van der Waals surface area contributed by atoms with Crippen molar-refractivity contribution in [2.24, 2.45) is 5.10 Å². The second kappa shape index (κ2) is 8.50. The van der Waals surface area contributed by atoms with Crippen molar-refractivity contribution in [3.05, 3.63) is 69.8 Å². The van der Waals surface area contributed by atoms with Crippen molar-refractivity contribution < 1.29 is 18.1 Å². The first-order chi connectivity index (χ1) is 13.8. The van der Waals surface area contributed by atoms with E-state index < -0.39 is 20.9 Å². The molecule has 1 aliphatic heterocycles. The van der Waals surface area contributed by atoms with Crippen LogP contribution in [0.25, 0.3) is 0 Å². The van der Waals surface area contributed by atoms with Crippen molar-refractivity contribution >= 4 is 27.3 Å². The van der Waals surface area contributed by atoms with Crippen molar-refractivity contribution in [3.8, 4) is 0 Å². The Labute approximate surface area is 168 Å². The molecule has 2 aromatic carbocycles. The maximum Gasteiger partial charge on any atom is 0.271 e. The van der Waals surface area contributed by atoms with Crippen LogP contribution < -0.4 is 5.43 Å². The molecule has 0 unspecified atom stereocenters. The van der Waals surface area contributed by atoms with Gasteiger partial charge >= 0.3 is 0 Å². The average molecular weight is 416 g/mol. The lowest BCUT2D eigenvalue weighted by atomic mass is 10.1. The number of benzene rings is 2. The molecule has 0 bridgehead atoms. The predicted molar refractivity (Wildman–Crippen MR) is 107 cm³/mol. The van der Waals surface area contributed by atoms with Crippen molar-refractivity contribution in [1.82, 2.24) is 9.73 Å². The van der Waals surface area contributed by atoms with Gasteiger partial charge in [0, 0.05) is 36.3 Å². The van der Waals surface area contributed by atoms with Gasteiger partial charge in [0.05, 0.1) is 15.5 Å². The smallest absolute Gasteiger partial charge is 0.267 e. The molecule has 0 radical (unpaired) electrons. The Kier molecular flexibility index (Phi) is 6.04. The molecule has 0 saturated carbocycles. The number of hydrogen-bond acceptors (Lipinski definition) is 6. The van der Waals surface area contributed by atoms with Crippen molar-refractivity contribution in [2.45, 2.75) is 24.7 Å². The van der Waals surface area contributed by atoms with E-state index in [1.807, 2.05) is 0 Å². The third-order valence-electron chi connectivity index (χ3n) is 4.60. The van der Waals surface area contributed by atoms with E-state index in [0.717, 1.165) is 12.8 Å². The zero-order valence-electron chi connectivity index (χ0n) is 15.7. The monoisotopic (exact) mass is 416 g/mol. The number of nitrogens with zero attached hydrogens (tertiary/aromatic N) is 3. The molecule has 1 fully saturated rings. The fourth-order valence-electron chi connectivity index (χ4n) is 2.98. The predicted octanol–water partition coefficient (Wildman–Crippen LogP) is 2.53. The highest BCUT2D eigenvalue weighted by atomic mass is 32.2. The molecular formula is C19H20N4O5S. The number of hydrogen-bond donors (Lipinski definition) is 1. The first-order valence-corrected chi connectivity index (χ1v) is 10.4. The summed E-state index contributed by atoms with van der Waals surface area (Å²) in [5.74, 6) is -0.576. The van der Waals surface area contributed by atoms with Crippen LogP contribution in [0, 0.1) is 10.1 Å². The zero-order chi connectivity index (χ0) is 21.0. The van der Waals surface area contributed by atoms with Gasteiger partial charge in [-0.15, -0.1) is 0 Å². The summed E-state index contributed by atoms with van der Waals surface area (Å²) < 4.78 is 26.7. The van der Waals surface area contributed by atoms with Gasteiger partial charge in [0.2, 0.25) is 10.0 Å². The average Bonchev–Trinajstić information content (AvgIpc) is 3.27. The van der Waals surface area contributed by atoms with Crippen LogP contribution >= 0.6 is 0 Å². The first-order valence-electron chi connectivity index (χ1n) is 8.99. The van der Waals surface area contributed by atoms with Crippen LogP contribution in [-0.4, -0.2) is 42.4 Å². The second-order valence-corrected chi connectivity index (χ2v) is 8.52. The van der Waals surface area contributed by atoms with E-state index in [-0.39, 0.29) is 16.1 Å². The lowest BCUT2D eigenvalue weighted by molar-refractivity contribution is -0.384. The maximum atomic E-state index is 12.7. The van der Waals surface area contributed by atoms with Gasteiger partial charge in [-0.05, 0) is 38.0 Å². The highest BCUT2D eigenvalue weighted by molar-refractivity contribution is 7.89. The Morgan fingerprint density at radius 3 is 2.45 bits per heavy atom. The van der Waals surface area contributed by atoms with E-state index in [9.17, 15) is 23.3 Å². The maximum absolute atomic E-state index is 12.7. The summed E-state index contributed by atoms with van der Waals surface area (Å²) in [5.41, 5.74) is 3.31. The van der Waals surface area contributed by atoms with E-state index in [0.29, 0.717) is 24.4 Å². The summed E-state index contributed by atoms with van der Waals surface area (Å²) in [5, 5.41) is 14.9. The van der Waals surface area contributed by atoms with Gasteiger partial charge in [-0.2, -0.15) is 9.41 Å². The Balaban J connectivity index is 1.76. The molecule has 1 saturated heterocycles. The number of hydrazone groups is 1. The minimum atomic E-state index is -3.63. The lowest BCUT2D eigenvalue weighted by Crippen LogP contribution is -2.28. The fourth-order valence-corrected chi connectivity index (χ4v) is 4.55. The third kappa shape index (κ3) is 4.66. The Hall–Kier alpha value is -3.11. The van der Waals surface area contributed by atoms with E-state index >= 15 is 0 Å². The highest BCUT2D eigenvalue weighted by Gasteiger charge is 2.27. The Morgan fingerprint density at radius 1 is 1.10 bits per heavy atom. The first kappa shape index (κ1) is 20.6. The minimum absolute atomic E-state index is 0.0615. The standard InChI is InChI=1S/C19H20N4O5S/c1-14(15-6-4-8-17(12-15)23(25)26)20-21-19(24)16-7-5-9-18(13-16)29(27,28)22-10-2-3-11-22/h4-9,12-13H,2-3,10-11H2,1H3,(H,21,24)/b20-14-.